The maximum atomic E-state index is 12.9. The van der Waals surface area contributed by atoms with Crippen LogP contribution in [0.1, 0.15) is 303 Å². The SMILES string of the molecule is CC/C=C\C/C=C\C/C=C\C/C=C\C/C=C\C/C=C\C/C=C\C/C=C\CCCCCCC(=O)OCC(COC(=O)CCCCCCC/C=C\C/C=C\CCCCC)OC(=O)CCCCCCCCCCC/C=C\CCCCCCCC. The lowest BCUT2D eigenvalue weighted by molar-refractivity contribution is -0.167. The van der Waals surface area contributed by atoms with E-state index in [2.05, 4.69) is 154 Å². The number of unbranched alkanes of at least 4 members (excludes halogenated alkanes) is 27. The van der Waals surface area contributed by atoms with Crippen molar-refractivity contribution < 1.29 is 28.6 Å². The highest BCUT2D eigenvalue weighted by molar-refractivity contribution is 5.71. The van der Waals surface area contributed by atoms with Gasteiger partial charge in [0.25, 0.3) is 0 Å². The van der Waals surface area contributed by atoms with Crippen LogP contribution in [0.3, 0.4) is 0 Å². The van der Waals surface area contributed by atoms with Gasteiger partial charge < -0.3 is 14.2 Å². The molecule has 6 nitrogen and oxygen atoms in total. The highest BCUT2D eigenvalue weighted by atomic mass is 16.6. The third kappa shape index (κ3) is 66.2. The quantitative estimate of drug-likeness (QED) is 0.0261. The number of esters is 3. The standard InChI is InChI=1S/C75H124O6/c1-4-7-10-13-16-19-22-25-28-30-32-33-34-35-36-37-38-39-40-41-43-44-47-50-53-56-59-62-65-68-74(77)80-71-72(70-79-73(76)67-64-61-58-55-52-49-46-27-24-21-18-15-12-9-6-3)81-75(78)69-66-63-60-57-54-51-48-45-42-31-29-26-23-20-17-14-11-8-5-2/h7,10,16,18-19,21,25-29,32-33,35-36,38-39,41,43,46-47,50,72H,4-6,8-9,11-15,17,20,22-24,30-31,34,37,40,42,44-45,48-49,51-71H2,1-3H3/b10-7-,19-16-,21-18-,28-25-,29-26-,33-32-,36-35-,39-38-,43-41-,46-27-,50-47-. The van der Waals surface area contributed by atoms with Crippen molar-refractivity contribution in [3.8, 4) is 0 Å². The molecule has 0 aromatic rings. The molecule has 0 aliphatic rings. The third-order valence-corrected chi connectivity index (χ3v) is 14.1. The first-order chi connectivity index (χ1) is 40.0. The van der Waals surface area contributed by atoms with Gasteiger partial charge in [0.05, 0.1) is 0 Å². The number of hydrogen-bond acceptors (Lipinski definition) is 6. The Bertz CT molecular complexity index is 1720. The van der Waals surface area contributed by atoms with Crippen LogP contribution in [0, 0.1) is 0 Å². The summed E-state index contributed by atoms with van der Waals surface area (Å²) in [6, 6.07) is 0. The Balaban J connectivity index is 4.42. The first-order valence-electron chi connectivity index (χ1n) is 33.7. The van der Waals surface area contributed by atoms with Crippen LogP contribution in [-0.4, -0.2) is 37.2 Å². The summed E-state index contributed by atoms with van der Waals surface area (Å²) < 4.78 is 16.9. The second kappa shape index (κ2) is 68.1. The van der Waals surface area contributed by atoms with Crippen LogP contribution in [0.2, 0.25) is 0 Å². The zero-order valence-corrected chi connectivity index (χ0v) is 52.8. The van der Waals surface area contributed by atoms with E-state index in [1.165, 1.54) is 116 Å². The minimum atomic E-state index is -0.802. The maximum absolute atomic E-state index is 12.9. The lowest BCUT2D eigenvalue weighted by atomic mass is 10.1. The van der Waals surface area contributed by atoms with E-state index < -0.39 is 6.10 Å². The Morgan fingerprint density at radius 1 is 0.259 bits per heavy atom. The normalized spacial score (nSPS) is 13.0. The first kappa shape index (κ1) is 76.5. The summed E-state index contributed by atoms with van der Waals surface area (Å²) in [4.78, 5) is 38.4. The molecule has 0 saturated carbocycles. The molecule has 0 bridgehead atoms. The fourth-order valence-electron chi connectivity index (χ4n) is 9.07. The lowest BCUT2D eigenvalue weighted by Crippen LogP contribution is -2.30. The summed E-state index contributed by atoms with van der Waals surface area (Å²) in [5, 5.41) is 0. The fourth-order valence-corrected chi connectivity index (χ4v) is 9.07. The molecule has 1 unspecified atom stereocenters. The maximum Gasteiger partial charge on any atom is 0.306 e. The molecular weight excluding hydrogens is 997 g/mol. The summed E-state index contributed by atoms with van der Waals surface area (Å²) in [6.07, 6.45) is 96.0. The van der Waals surface area contributed by atoms with Gasteiger partial charge in [0.2, 0.25) is 0 Å². The van der Waals surface area contributed by atoms with E-state index in [1.807, 2.05) is 0 Å². The molecule has 6 heteroatoms. The van der Waals surface area contributed by atoms with Crippen LogP contribution in [0.15, 0.2) is 134 Å². The van der Waals surface area contributed by atoms with Crippen molar-refractivity contribution in [2.45, 2.75) is 309 Å². The van der Waals surface area contributed by atoms with Gasteiger partial charge in [0.15, 0.2) is 6.10 Å². The summed E-state index contributed by atoms with van der Waals surface area (Å²) in [5.74, 6) is -0.932. The van der Waals surface area contributed by atoms with Gasteiger partial charge in [-0.25, -0.2) is 0 Å². The third-order valence-electron chi connectivity index (χ3n) is 14.1. The fraction of sp³-hybridized carbons (Fsp3) is 0.667. The Labute approximate surface area is 500 Å². The summed E-state index contributed by atoms with van der Waals surface area (Å²) in [6.45, 7) is 6.48. The Kier molecular flexibility index (Phi) is 64.3. The molecule has 0 rings (SSSR count). The number of ether oxygens (including phenoxy) is 3. The largest absolute Gasteiger partial charge is 0.462 e. The minimum absolute atomic E-state index is 0.0968. The number of carbonyl (C=O) groups is 3. The van der Waals surface area contributed by atoms with Crippen LogP contribution >= 0.6 is 0 Å². The van der Waals surface area contributed by atoms with E-state index >= 15 is 0 Å². The highest BCUT2D eigenvalue weighted by Crippen LogP contribution is 2.15. The zero-order valence-electron chi connectivity index (χ0n) is 52.8. The second-order valence-electron chi connectivity index (χ2n) is 22.0. The van der Waals surface area contributed by atoms with E-state index in [1.54, 1.807) is 0 Å². The van der Waals surface area contributed by atoms with Gasteiger partial charge in [0.1, 0.15) is 13.2 Å². The topological polar surface area (TPSA) is 78.9 Å². The smallest absolute Gasteiger partial charge is 0.306 e. The van der Waals surface area contributed by atoms with Crippen LogP contribution in [0.5, 0.6) is 0 Å². The lowest BCUT2D eigenvalue weighted by Gasteiger charge is -2.18. The van der Waals surface area contributed by atoms with Gasteiger partial charge in [-0.15, -0.1) is 0 Å². The van der Waals surface area contributed by atoms with Gasteiger partial charge in [-0.05, 0) is 141 Å². The van der Waals surface area contributed by atoms with E-state index in [0.717, 1.165) is 148 Å². The second-order valence-corrected chi connectivity index (χ2v) is 22.0. The van der Waals surface area contributed by atoms with Crippen molar-refractivity contribution in [2.24, 2.45) is 0 Å². The van der Waals surface area contributed by atoms with Gasteiger partial charge in [-0.3, -0.25) is 14.4 Å². The van der Waals surface area contributed by atoms with E-state index in [0.29, 0.717) is 19.3 Å². The molecule has 81 heavy (non-hydrogen) atoms. The minimum Gasteiger partial charge on any atom is -0.462 e. The summed E-state index contributed by atoms with van der Waals surface area (Å²) >= 11 is 0. The Morgan fingerprint density at radius 2 is 0.481 bits per heavy atom. The first-order valence-corrected chi connectivity index (χ1v) is 33.7. The van der Waals surface area contributed by atoms with Crippen molar-refractivity contribution in [3.05, 3.63) is 134 Å². The average Bonchev–Trinajstić information content (AvgIpc) is 3.47. The molecular formula is C75H124O6. The molecule has 0 radical (unpaired) electrons. The Hall–Kier alpha value is -4.45. The van der Waals surface area contributed by atoms with E-state index in [4.69, 9.17) is 14.2 Å². The Morgan fingerprint density at radius 3 is 0.790 bits per heavy atom. The molecule has 0 heterocycles. The van der Waals surface area contributed by atoms with Crippen molar-refractivity contribution in [1.29, 1.82) is 0 Å². The number of carbonyl (C=O) groups excluding carboxylic acids is 3. The number of allylic oxidation sites excluding steroid dienone is 22. The molecule has 0 amide bonds. The van der Waals surface area contributed by atoms with Gasteiger partial charge in [-0.2, -0.15) is 0 Å². The molecule has 0 aliphatic carbocycles. The van der Waals surface area contributed by atoms with Crippen LogP contribution < -0.4 is 0 Å². The number of hydrogen-bond donors (Lipinski definition) is 0. The van der Waals surface area contributed by atoms with Crippen molar-refractivity contribution in [1.82, 2.24) is 0 Å². The molecule has 0 aromatic heterocycles. The van der Waals surface area contributed by atoms with Crippen molar-refractivity contribution >= 4 is 17.9 Å². The van der Waals surface area contributed by atoms with Crippen LogP contribution in [0.25, 0.3) is 0 Å². The van der Waals surface area contributed by atoms with Crippen molar-refractivity contribution in [2.75, 3.05) is 13.2 Å². The van der Waals surface area contributed by atoms with E-state index in [-0.39, 0.29) is 31.1 Å². The average molecular weight is 1120 g/mol. The molecule has 460 valence electrons. The predicted molar refractivity (Wildman–Crippen MR) is 353 cm³/mol. The summed E-state index contributed by atoms with van der Waals surface area (Å²) in [7, 11) is 0. The molecule has 0 saturated heterocycles. The van der Waals surface area contributed by atoms with Crippen LogP contribution in [-0.2, 0) is 28.6 Å². The molecule has 0 spiro atoms. The van der Waals surface area contributed by atoms with Gasteiger partial charge >= 0.3 is 17.9 Å². The predicted octanol–water partition coefficient (Wildman–Crippen LogP) is 23.3. The molecule has 0 aliphatic heterocycles. The monoisotopic (exact) mass is 1120 g/mol. The molecule has 0 aromatic carbocycles. The van der Waals surface area contributed by atoms with E-state index in [9.17, 15) is 14.4 Å². The summed E-state index contributed by atoms with van der Waals surface area (Å²) in [5.41, 5.74) is 0. The molecule has 1 atom stereocenters. The molecule has 0 fully saturated rings. The van der Waals surface area contributed by atoms with Crippen LogP contribution in [0.4, 0.5) is 0 Å². The van der Waals surface area contributed by atoms with Crippen molar-refractivity contribution in [3.63, 3.8) is 0 Å². The number of rotatable bonds is 60. The van der Waals surface area contributed by atoms with Gasteiger partial charge in [-0.1, -0.05) is 276 Å². The molecule has 0 N–H and O–H groups in total. The zero-order chi connectivity index (χ0) is 58.5. The van der Waals surface area contributed by atoms with Gasteiger partial charge in [0, 0.05) is 19.3 Å². The highest BCUT2D eigenvalue weighted by Gasteiger charge is 2.19.